The van der Waals surface area contributed by atoms with Gasteiger partial charge in [-0.3, -0.25) is 4.68 Å². The molecule has 0 radical (unpaired) electrons. The first-order chi connectivity index (χ1) is 9.16. The van der Waals surface area contributed by atoms with Crippen LogP contribution in [-0.4, -0.2) is 37.4 Å². The molecule has 100 valence electrons. The van der Waals surface area contributed by atoms with Gasteiger partial charge < -0.3 is 10.4 Å². The van der Waals surface area contributed by atoms with E-state index in [1.54, 1.807) is 6.20 Å². The number of hydrogen-bond donors (Lipinski definition) is 2. The second-order valence-corrected chi connectivity index (χ2v) is 4.15. The van der Waals surface area contributed by atoms with Crippen molar-refractivity contribution in [3.8, 4) is 0 Å². The SMILES string of the molecule is Cc1cnn(CCNCc2ncncc2C(=O)O)c1. The minimum atomic E-state index is -1.01. The summed E-state index contributed by atoms with van der Waals surface area (Å²) in [5.74, 6) is -1.01. The van der Waals surface area contributed by atoms with Crippen molar-refractivity contribution >= 4 is 5.97 Å². The molecular formula is C12H15N5O2. The molecule has 2 aromatic heterocycles. The van der Waals surface area contributed by atoms with Gasteiger partial charge in [0.2, 0.25) is 0 Å². The minimum absolute atomic E-state index is 0.130. The van der Waals surface area contributed by atoms with Crippen molar-refractivity contribution in [3.05, 3.63) is 41.7 Å². The summed E-state index contributed by atoms with van der Waals surface area (Å²) in [5, 5.41) is 16.3. The smallest absolute Gasteiger partial charge is 0.339 e. The zero-order valence-electron chi connectivity index (χ0n) is 10.6. The first-order valence-corrected chi connectivity index (χ1v) is 5.89. The maximum atomic E-state index is 11.0. The van der Waals surface area contributed by atoms with Crippen molar-refractivity contribution in [3.63, 3.8) is 0 Å². The van der Waals surface area contributed by atoms with Gasteiger partial charge in [0.05, 0.1) is 18.4 Å². The van der Waals surface area contributed by atoms with Gasteiger partial charge in [0, 0.05) is 25.5 Å². The topological polar surface area (TPSA) is 92.9 Å². The number of carboxylic acids is 1. The van der Waals surface area contributed by atoms with Crippen molar-refractivity contribution in [2.45, 2.75) is 20.0 Å². The minimum Gasteiger partial charge on any atom is -0.478 e. The highest BCUT2D eigenvalue weighted by atomic mass is 16.4. The third kappa shape index (κ3) is 3.59. The van der Waals surface area contributed by atoms with E-state index >= 15 is 0 Å². The van der Waals surface area contributed by atoms with E-state index in [4.69, 9.17) is 5.11 Å². The lowest BCUT2D eigenvalue weighted by Crippen LogP contribution is -2.22. The summed E-state index contributed by atoms with van der Waals surface area (Å²) in [7, 11) is 0. The fraction of sp³-hybridized carbons (Fsp3) is 0.333. The monoisotopic (exact) mass is 261 g/mol. The normalized spacial score (nSPS) is 10.6. The molecule has 7 nitrogen and oxygen atoms in total. The molecule has 0 atom stereocenters. The Bertz CT molecular complexity index is 567. The van der Waals surface area contributed by atoms with Crippen molar-refractivity contribution in [2.24, 2.45) is 0 Å². The molecule has 0 saturated heterocycles. The van der Waals surface area contributed by atoms with Gasteiger partial charge >= 0.3 is 5.97 Å². The molecule has 0 aromatic carbocycles. The van der Waals surface area contributed by atoms with E-state index in [-0.39, 0.29) is 5.56 Å². The molecular weight excluding hydrogens is 246 g/mol. The molecule has 0 saturated carbocycles. The van der Waals surface area contributed by atoms with Crippen LogP contribution in [0.4, 0.5) is 0 Å². The molecule has 0 aliphatic rings. The molecule has 19 heavy (non-hydrogen) atoms. The molecule has 7 heteroatoms. The van der Waals surface area contributed by atoms with Crippen LogP contribution in [-0.2, 0) is 13.1 Å². The van der Waals surface area contributed by atoms with E-state index in [0.29, 0.717) is 18.8 Å². The van der Waals surface area contributed by atoms with E-state index in [1.807, 2.05) is 17.8 Å². The highest BCUT2D eigenvalue weighted by molar-refractivity contribution is 5.88. The molecule has 0 aliphatic carbocycles. The molecule has 0 fully saturated rings. The quantitative estimate of drug-likeness (QED) is 0.734. The van der Waals surface area contributed by atoms with Gasteiger partial charge in [-0.05, 0) is 12.5 Å². The number of rotatable bonds is 6. The van der Waals surface area contributed by atoms with Crippen LogP contribution >= 0.6 is 0 Å². The lowest BCUT2D eigenvalue weighted by molar-refractivity contribution is 0.0694. The van der Waals surface area contributed by atoms with Crippen LogP contribution in [0.2, 0.25) is 0 Å². The summed E-state index contributed by atoms with van der Waals surface area (Å²) in [6.07, 6.45) is 6.41. The average molecular weight is 261 g/mol. The summed E-state index contributed by atoms with van der Waals surface area (Å²) in [6.45, 7) is 3.78. The molecule has 2 aromatic rings. The Morgan fingerprint density at radius 3 is 3.00 bits per heavy atom. The lowest BCUT2D eigenvalue weighted by Gasteiger charge is -2.06. The summed E-state index contributed by atoms with van der Waals surface area (Å²) in [6, 6.07) is 0. The molecule has 0 aliphatic heterocycles. The van der Waals surface area contributed by atoms with Gasteiger partial charge in [0.25, 0.3) is 0 Å². The predicted octanol–water partition coefficient (Wildman–Crippen LogP) is 0.470. The Balaban J connectivity index is 1.84. The van der Waals surface area contributed by atoms with Crippen molar-refractivity contribution in [1.82, 2.24) is 25.1 Å². The summed E-state index contributed by atoms with van der Waals surface area (Å²) >= 11 is 0. The molecule has 0 bridgehead atoms. The standard InChI is InChI=1S/C12H15N5O2/c1-9-4-16-17(7-9)3-2-13-6-11-10(12(18)19)5-14-8-15-11/h4-5,7-8,13H,2-3,6H2,1H3,(H,18,19). The number of aryl methyl sites for hydroxylation is 1. The zero-order valence-corrected chi connectivity index (χ0v) is 10.6. The Hall–Kier alpha value is -2.28. The Morgan fingerprint density at radius 1 is 1.47 bits per heavy atom. The fourth-order valence-corrected chi connectivity index (χ4v) is 1.66. The van der Waals surface area contributed by atoms with Crippen molar-refractivity contribution < 1.29 is 9.90 Å². The highest BCUT2D eigenvalue weighted by Crippen LogP contribution is 2.02. The van der Waals surface area contributed by atoms with E-state index < -0.39 is 5.97 Å². The maximum Gasteiger partial charge on any atom is 0.339 e. The van der Waals surface area contributed by atoms with Gasteiger partial charge in [-0.25, -0.2) is 14.8 Å². The summed E-state index contributed by atoms with van der Waals surface area (Å²) < 4.78 is 1.83. The van der Waals surface area contributed by atoms with Crippen LogP contribution in [0.3, 0.4) is 0 Å². The summed E-state index contributed by atoms with van der Waals surface area (Å²) in [5.41, 5.74) is 1.73. The molecule has 2 rings (SSSR count). The number of nitrogens with one attached hydrogen (secondary N) is 1. The largest absolute Gasteiger partial charge is 0.478 e. The van der Waals surface area contributed by atoms with Crippen LogP contribution in [0.1, 0.15) is 21.6 Å². The fourth-order valence-electron chi connectivity index (χ4n) is 1.66. The second kappa shape index (κ2) is 6.05. The molecule has 0 spiro atoms. The van der Waals surface area contributed by atoms with Crippen LogP contribution in [0.5, 0.6) is 0 Å². The molecule has 2 heterocycles. The molecule has 0 amide bonds. The van der Waals surface area contributed by atoms with E-state index in [0.717, 1.165) is 12.1 Å². The average Bonchev–Trinajstić information content (AvgIpc) is 2.81. The van der Waals surface area contributed by atoms with Crippen molar-refractivity contribution in [2.75, 3.05) is 6.54 Å². The van der Waals surface area contributed by atoms with Crippen LogP contribution in [0.15, 0.2) is 24.9 Å². The Morgan fingerprint density at radius 2 is 2.32 bits per heavy atom. The van der Waals surface area contributed by atoms with Gasteiger partial charge in [0.1, 0.15) is 11.9 Å². The number of carbonyl (C=O) groups is 1. The Kier molecular flexibility index (Phi) is 4.19. The number of hydrogen-bond acceptors (Lipinski definition) is 5. The van der Waals surface area contributed by atoms with Crippen LogP contribution in [0.25, 0.3) is 0 Å². The van der Waals surface area contributed by atoms with Gasteiger partial charge in [0.15, 0.2) is 0 Å². The lowest BCUT2D eigenvalue weighted by atomic mass is 10.2. The Labute approximate surface area is 110 Å². The first kappa shape index (κ1) is 13.2. The van der Waals surface area contributed by atoms with E-state index in [1.165, 1.54) is 12.5 Å². The first-order valence-electron chi connectivity index (χ1n) is 5.89. The molecule has 2 N–H and O–H groups in total. The van der Waals surface area contributed by atoms with Gasteiger partial charge in [-0.2, -0.15) is 5.10 Å². The van der Waals surface area contributed by atoms with E-state index in [2.05, 4.69) is 20.4 Å². The van der Waals surface area contributed by atoms with E-state index in [9.17, 15) is 4.79 Å². The van der Waals surface area contributed by atoms with Crippen molar-refractivity contribution in [1.29, 1.82) is 0 Å². The predicted molar refractivity (Wildman–Crippen MR) is 67.7 cm³/mol. The number of aromatic carboxylic acids is 1. The zero-order chi connectivity index (χ0) is 13.7. The number of carboxylic acid groups (broad SMARTS) is 1. The van der Waals surface area contributed by atoms with Gasteiger partial charge in [-0.15, -0.1) is 0 Å². The highest BCUT2D eigenvalue weighted by Gasteiger charge is 2.10. The van der Waals surface area contributed by atoms with Crippen LogP contribution < -0.4 is 5.32 Å². The third-order valence-electron chi connectivity index (χ3n) is 2.60. The number of aromatic nitrogens is 4. The second-order valence-electron chi connectivity index (χ2n) is 4.15. The third-order valence-corrected chi connectivity index (χ3v) is 2.60. The summed E-state index contributed by atoms with van der Waals surface area (Å²) in [4.78, 5) is 18.6. The van der Waals surface area contributed by atoms with Crippen LogP contribution in [0, 0.1) is 6.92 Å². The molecule has 0 unspecified atom stereocenters. The number of nitrogens with zero attached hydrogens (tertiary/aromatic N) is 4. The van der Waals surface area contributed by atoms with Gasteiger partial charge in [-0.1, -0.05) is 0 Å². The maximum absolute atomic E-state index is 11.0.